The van der Waals surface area contributed by atoms with Crippen LogP contribution in [0, 0.1) is 5.92 Å². The fourth-order valence-corrected chi connectivity index (χ4v) is 3.31. The van der Waals surface area contributed by atoms with E-state index in [1.54, 1.807) is 0 Å². The minimum Gasteiger partial charge on any atom is -0.492 e. The number of nitrogens with zero attached hydrogens (tertiary/aromatic N) is 1. The van der Waals surface area contributed by atoms with Crippen molar-refractivity contribution in [2.45, 2.75) is 6.42 Å². The lowest BCUT2D eigenvalue weighted by atomic mass is 10.1. The fraction of sp³-hybridized carbons (Fsp3) is 0.600. The van der Waals surface area contributed by atoms with Crippen LogP contribution >= 0.6 is 11.8 Å². The first-order chi connectivity index (χ1) is 9.24. The largest absolute Gasteiger partial charge is 0.492 e. The lowest BCUT2D eigenvalue weighted by Crippen LogP contribution is -2.19. The summed E-state index contributed by atoms with van der Waals surface area (Å²) in [7, 11) is 4.11. The highest BCUT2D eigenvalue weighted by Gasteiger charge is 2.14. The molecule has 1 unspecified atom stereocenters. The van der Waals surface area contributed by atoms with Gasteiger partial charge in [0.15, 0.2) is 0 Å². The second-order valence-electron chi connectivity index (χ2n) is 5.29. The van der Waals surface area contributed by atoms with Crippen molar-refractivity contribution >= 4 is 17.4 Å². The number of anilines is 1. The molecule has 0 spiro atoms. The molecule has 1 saturated heterocycles. The van der Waals surface area contributed by atoms with Gasteiger partial charge in [-0.25, -0.2) is 0 Å². The normalized spacial score (nSPS) is 18.8. The van der Waals surface area contributed by atoms with Crippen molar-refractivity contribution in [3.8, 4) is 5.75 Å². The summed E-state index contributed by atoms with van der Waals surface area (Å²) >= 11 is 2.07. The Balaban J connectivity index is 1.71. The van der Waals surface area contributed by atoms with E-state index in [0.29, 0.717) is 0 Å². The molecule has 0 amide bonds. The van der Waals surface area contributed by atoms with E-state index in [2.05, 4.69) is 48.2 Å². The second kappa shape index (κ2) is 7.65. The van der Waals surface area contributed by atoms with Crippen LogP contribution in [0.3, 0.4) is 0 Å². The molecule has 2 rings (SSSR count). The minimum atomic E-state index is 0.735. The topological polar surface area (TPSA) is 24.5 Å². The second-order valence-corrected chi connectivity index (χ2v) is 6.44. The number of thioether (sulfide) groups is 1. The monoisotopic (exact) mass is 280 g/mol. The van der Waals surface area contributed by atoms with Crippen LogP contribution < -0.4 is 10.1 Å². The number of rotatable bonds is 7. The van der Waals surface area contributed by atoms with Gasteiger partial charge >= 0.3 is 0 Å². The van der Waals surface area contributed by atoms with Gasteiger partial charge in [-0.05, 0) is 62.2 Å². The molecule has 19 heavy (non-hydrogen) atoms. The lowest BCUT2D eigenvalue weighted by molar-refractivity contribution is 0.261. The summed E-state index contributed by atoms with van der Waals surface area (Å²) in [6, 6.07) is 8.29. The van der Waals surface area contributed by atoms with E-state index in [4.69, 9.17) is 4.74 Å². The molecule has 4 heteroatoms. The Hall–Kier alpha value is -0.870. The van der Waals surface area contributed by atoms with E-state index >= 15 is 0 Å². The predicted molar refractivity (Wildman–Crippen MR) is 84.4 cm³/mol. The molecule has 3 nitrogen and oxygen atoms in total. The molecule has 0 aromatic heterocycles. The van der Waals surface area contributed by atoms with Crippen molar-refractivity contribution < 1.29 is 4.74 Å². The Kier molecular flexibility index (Phi) is 5.86. The molecule has 1 atom stereocenters. The summed E-state index contributed by atoms with van der Waals surface area (Å²) < 4.78 is 5.68. The van der Waals surface area contributed by atoms with Gasteiger partial charge < -0.3 is 15.0 Å². The van der Waals surface area contributed by atoms with Crippen LogP contribution in [0.1, 0.15) is 6.42 Å². The number of ether oxygens (including phenoxy) is 1. The highest BCUT2D eigenvalue weighted by Crippen LogP contribution is 2.24. The molecule has 1 aliphatic rings. The average Bonchev–Trinajstić information content (AvgIpc) is 2.90. The fourth-order valence-electron chi connectivity index (χ4n) is 2.02. The third-order valence-electron chi connectivity index (χ3n) is 3.28. The molecule has 1 fully saturated rings. The zero-order valence-electron chi connectivity index (χ0n) is 11.9. The third kappa shape index (κ3) is 5.33. The molecule has 1 aromatic rings. The number of nitrogens with one attached hydrogen (secondary N) is 1. The van der Waals surface area contributed by atoms with Gasteiger partial charge in [0.25, 0.3) is 0 Å². The Morgan fingerprint density at radius 2 is 2.11 bits per heavy atom. The molecule has 0 aliphatic carbocycles. The average molecular weight is 280 g/mol. The quantitative estimate of drug-likeness (QED) is 0.830. The van der Waals surface area contributed by atoms with Crippen LogP contribution in [0.15, 0.2) is 24.3 Å². The van der Waals surface area contributed by atoms with Gasteiger partial charge in [0, 0.05) is 18.8 Å². The van der Waals surface area contributed by atoms with E-state index in [1.165, 1.54) is 23.6 Å². The third-order valence-corrected chi connectivity index (χ3v) is 4.51. The van der Waals surface area contributed by atoms with Crippen molar-refractivity contribution in [1.82, 2.24) is 4.90 Å². The lowest BCUT2D eigenvalue weighted by Gasteiger charge is -2.13. The van der Waals surface area contributed by atoms with Gasteiger partial charge in [-0.15, -0.1) is 0 Å². The molecule has 106 valence electrons. The highest BCUT2D eigenvalue weighted by molar-refractivity contribution is 7.99. The number of hydrogen-bond acceptors (Lipinski definition) is 4. The maximum atomic E-state index is 5.68. The van der Waals surface area contributed by atoms with Gasteiger partial charge in [-0.3, -0.25) is 0 Å². The first-order valence-corrected chi connectivity index (χ1v) is 8.09. The Morgan fingerprint density at radius 1 is 1.32 bits per heavy atom. The van der Waals surface area contributed by atoms with E-state index < -0.39 is 0 Å². The van der Waals surface area contributed by atoms with Gasteiger partial charge in [-0.1, -0.05) is 0 Å². The van der Waals surface area contributed by atoms with Crippen LogP contribution in [0.2, 0.25) is 0 Å². The van der Waals surface area contributed by atoms with Crippen molar-refractivity contribution in [2.24, 2.45) is 5.92 Å². The van der Waals surface area contributed by atoms with Crippen LogP contribution in [-0.2, 0) is 0 Å². The first-order valence-electron chi connectivity index (χ1n) is 6.93. The summed E-state index contributed by atoms with van der Waals surface area (Å²) in [5.74, 6) is 4.41. The summed E-state index contributed by atoms with van der Waals surface area (Å²) in [5.41, 5.74) is 1.19. The van der Waals surface area contributed by atoms with Gasteiger partial charge in [0.05, 0.1) is 0 Å². The van der Waals surface area contributed by atoms with Gasteiger partial charge in [0.1, 0.15) is 12.4 Å². The smallest absolute Gasteiger partial charge is 0.119 e. The summed E-state index contributed by atoms with van der Waals surface area (Å²) in [6.07, 6.45) is 1.35. The van der Waals surface area contributed by atoms with E-state index in [0.717, 1.165) is 31.4 Å². The van der Waals surface area contributed by atoms with Crippen LogP contribution in [0.25, 0.3) is 0 Å². The molecule has 0 bridgehead atoms. The zero-order valence-corrected chi connectivity index (χ0v) is 12.7. The van der Waals surface area contributed by atoms with Crippen molar-refractivity contribution in [2.75, 3.05) is 50.6 Å². The summed E-state index contributed by atoms with van der Waals surface area (Å²) in [4.78, 5) is 2.12. The van der Waals surface area contributed by atoms with Crippen LogP contribution in [-0.4, -0.2) is 50.2 Å². The molecule has 1 heterocycles. The van der Waals surface area contributed by atoms with Crippen molar-refractivity contribution in [1.29, 1.82) is 0 Å². The molecule has 1 N–H and O–H groups in total. The summed E-state index contributed by atoms with van der Waals surface area (Å²) in [6.45, 7) is 2.77. The van der Waals surface area contributed by atoms with Crippen LogP contribution in [0.4, 0.5) is 5.69 Å². The number of likely N-dealkylation sites (N-methyl/N-ethyl adjacent to an activating group) is 1. The molecule has 0 radical (unpaired) electrons. The summed E-state index contributed by atoms with van der Waals surface area (Å²) in [5, 5.41) is 3.51. The van der Waals surface area contributed by atoms with Crippen molar-refractivity contribution in [3.05, 3.63) is 24.3 Å². The SMILES string of the molecule is CN(C)CCOc1ccc(NCC2CCSC2)cc1. The van der Waals surface area contributed by atoms with E-state index in [9.17, 15) is 0 Å². The highest BCUT2D eigenvalue weighted by atomic mass is 32.2. The molecular formula is C15H24N2OS. The predicted octanol–water partition coefficient (Wildman–Crippen LogP) is 2.79. The Morgan fingerprint density at radius 3 is 2.74 bits per heavy atom. The van der Waals surface area contributed by atoms with E-state index in [1.807, 2.05) is 12.1 Å². The molecule has 0 saturated carbocycles. The Labute approximate surface area is 120 Å². The standard InChI is InChI=1S/C15H24N2OS/c1-17(2)8-9-18-15-5-3-14(4-6-15)16-11-13-7-10-19-12-13/h3-6,13,16H,7-12H2,1-2H3. The Bertz CT molecular complexity index is 361. The van der Waals surface area contributed by atoms with Crippen LogP contribution in [0.5, 0.6) is 5.75 Å². The number of hydrogen-bond donors (Lipinski definition) is 1. The maximum absolute atomic E-state index is 5.68. The first kappa shape index (κ1) is 14.5. The molecule has 1 aliphatic heterocycles. The minimum absolute atomic E-state index is 0.735. The van der Waals surface area contributed by atoms with Gasteiger partial charge in [-0.2, -0.15) is 11.8 Å². The molecule has 1 aromatic carbocycles. The zero-order chi connectivity index (χ0) is 13.5. The number of benzene rings is 1. The van der Waals surface area contributed by atoms with Gasteiger partial charge in [0.2, 0.25) is 0 Å². The van der Waals surface area contributed by atoms with E-state index in [-0.39, 0.29) is 0 Å². The molecular weight excluding hydrogens is 256 g/mol. The maximum Gasteiger partial charge on any atom is 0.119 e. The van der Waals surface area contributed by atoms with Crippen molar-refractivity contribution in [3.63, 3.8) is 0 Å².